The van der Waals surface area contributed by atoms with Crippen molar-refractivity contribution in [1.82, 2.24) is 9.80 Å². The van der Waals surface area contributed by atoms with Crippen LogP contribution in [-0.4, -0.2) is 72.4 Å². The van der Waals surface area contributed by atoms with Gasteiger partial charge in [-0.15, -0.1) is 0 Å². The Balaban J connectivity index is 1.36. The van der Waals surface area contributed by atoms with E-state index in [4.69, 9.17) is 4.74 Å². The number of ether oxygens (including phenoxy) is 1. The number of hydrogen-bond donors (Lipinski definition) is 1. The fourth-order valence-corrected chi connectivity index (χ4v) is 5.52. The second-order valence-electron chi connectivity index (χ2n) is 10.6. The van der Waals surface area contributed by atoms with Crippen molar-refractivity contribution in [2.45, 2.75) is 97.2 Å². The molecule has 2 heterocycles. The first-order valence-electron chi connectivity index (χ1n) is 12.1. The SMILES string of the molecule is CCCN1CCC2(CC1)CCN(C(=O)CC(C)OCC1(C)CCC(O)CC1)CC2. The molecule has 1 aliphatic carbocycles. The van der Waals surface area contributed by atoms with Gasteiger partial charge < -0.3 is 19.6 Å². The quantitative estimate of drug-likeness (QED) is 0.695. The molecule has 1 saturated carbocycles. The molecule has 2 saturated heterocycles. The zero-order valence-corrected chi connectivity index (χ0v) is 19.1. The molecule has 5 heteroatoms. The van der Waals surface area contributed by atoms with Gasteiger partial charge in [0.2, 0.25) is 5.91 Å². The highest BCUT2D eigenvalue weighted by Crippen LogP contribution is 2.41. The molecule has 3 aliphatic rings. The smallest absolute Gasteiger partial charge is 0.225 e. The first-order valence-corrected chi connectivity index (χ1v) is 12.1. The van der Waals surface area contributed by atoms with Crippen molar-refractivity contribution >= 4 is 5.91 Å². The molecule has 3 rings (SSSR count). The third kappa shape index (κ3) is 6.41. The Bertz CT molecular complexity index is 512. The topological polar surface area (TPSA) is 53.0 Å². The van der Waals surface area contributed by atoms with E-state index in [1.807, 2.05) is 6.92 Å². The molecule has 1 unspecified atom stereocenters. The zero-order chi connectivity index (χ0) is 20.9. The highest BCUT2D eigenvalue weighted by Gasteiger charge is 2.38. The van der Waals surface area contributed by atoms with Crippen molar-refractivity contribution in [2.24, 2.45) is 10.8 Å². The Hall–Kier alpha value is -0.650. The minimum Gasteiger partial charge on any atom is -0.393 e. The lowest BCUT2D eigenvalue weighted by molar-refractivity contribution is -0.137. The van der Waals surface area contributed by atoms with Crippen LogP contribution in [0.2, 0.25) is 0 Å². The molecule has 3 fully saturated rings. The van der Waals surface area contributed by atoms with Crippen molar-refractivity contribution in [3.8, 4) is 0 Å². The molecule has 1 amide bonds. The molecule has 0 radical (unpaired) electrons. The van der Waals surface area contributed by atoms with Crippen LogP contribution in [0.5, 0.6) is 0 Å². The minimum absolute atomic E-state index is 0.0284. The lowest BCUT2D eigenvalue weighted by Crippen LogP contribution is -2.48. The van der Waals surface area contributed by atoms with E-state index in [0.29, 0.717) is 18.4 Å². The van der Waals surface area contributed by atoms with E-state index in [0.717, 1.165) is 38.8 Å². The lowest BCUT2D eigenvalue weighted by Gasteiger charge is -2.47. The van der Waals surface area contributed by atoms with Crippen LogP contribution in [0.15, 0.2) is 0 Å². The number of carbonyl (C=O) groups excluding carboxylic acids is 1. The lowest BCUT2D eigenvalue weighted by atomic mass is 9.71. The van der Waals surface area contributed by atoms with E-state index in [-0.39, 0.29) is 23.5 Å². The summed E-state index contributed by atoms with van der Waals surface area (Å²) in [7, 11) is 0. The molecular weight excluding hydrogens is 364 g/mol. The fraction of sp³-hybridized carbons (Fsp3) is 0.958. The van der Waals surface area contributed by atoms with E-state index < -0.39 is 0 Å². The van der Waals surface area contributed by atoms with Gasteiger partial charge in [0, 0.05) is 13.1 Å². The number of hydrogen-bond acceptors (Lipinski definition) is 4. The van der Waals surface area contributed by atoms with Gasteiger partial charge in [0.1, 0.15) is 0 Å². The monoisotopic (exact) mass is 408 g/mol. The number of carbonyl (C=O) groups is 1. The second kappa shape index (κ2) is 10.1. The van der Waals surface area contributed by atoms with Crippen LogP contribution < -0.4 is 0 Å². The van der Waals surface area contributed by atoms with Gasteiger partial charge in [-0.3, -0.25) is 4.79 Å². The molecule has 5 nitrogen and oxygen atoms in total. The number of aliphatic hydroxyl groups is 1. The van der Waals surface area contributed by atoms with Crippen molar-refractivity contribution in [3.63, 3.8) is 0 Å². The maximum absolute atomic E-state index is 12.8. The van der Waals surface area contributed by atoms with Gasteiger partial charge in [-0.25, -0.2) is 0 Å². The Labute approximate surface area is 178 Å². The molecule has 168 valence electrons. The minimum atomic E-state index is -0.136. The molecule has 1 spiro atoms. The highest BCUT2D eigenvalue weighted by atomic mass is 16.5. The first-order chi connectivity index (χ1) is 13.8. The molecule has 0 aromatic heterocycles. The average molecular weight is 409 g/mol. The molecule has 2 aliphatic heterocycles. The van der Waals surface area contributed by atoms with Crippen LogP contribution in [0.4, 0.5) is 0 Å². The van der Waals surface area contributed by atoms with Crippen molar-refractivity contribution in [1.29, 1.82) is 0 Å². The summed E-state index contributed by atoms with van der Waals surface area (Å²) < 4.78 is 6.09. The second-order valence-corrected chi connectivity index (χ2v) is 10.6. The van der Waals surface area contributed by atoms with E-state index in [1.165, 1.54) is 51.7 Å². The standard InChI is InChI=1S/C24H44N2O3/c1-4-13-25-14-9-24(10-15-25)11-16-26(17-12-24)22(28)18-20(2)29-19-23(3)7-5-21(27)6-8-23/h20-21,27H,4-19H2,1-3H3. The predicted molar refractivity (Wildman–Crippen MR) is 117 cm³/mol. The molecule has 0 aromatic rings. The van der Waals surface area contributed by atoms with Crippen LogP contribution in [0, 0.1) is 10.8 Å². The molecule has 0 bridgehead atoms. The van der Waals surface area contributed by atoms with Gasteiger partial charge in [0.15, 0.2) is 0 Å². The van der Waals surface area contributed by atoms with Gasteiger partial charge in [-0.05, 0) is 95.2 Å². The van der Waals surface area contributed by atoms with Crippen molar-refractivity contribution in [3.05, 3.63) is 0 Å². The summed E-state index contributed by atoms with van der Waals surface area (Å²) in [6, 6.07) is 0. The van der Waals surface area contributed by atoms with Crippen LogP contribution in [-0.2, 0) is 9.53 Å². The van der Waals surface area contributed by atoms with E-state index in [1.54, 1.807) is 0 Å². The molecule has 29 heavy (non-hydrogen) atoms. The van der Waals surface area contributed by atoms with Gasteiger partial charge in [0.25, 0.3) is 0 Å². The molecule has 1 atom stereocenters. The number of nitrogens with zero attached hydrogens (tertiary/aromatic N) is 2. The number of likely N-dealkylation sites (tertiary alicyclic amines) is 2. The normalized spacial score (nSPS) is 31.7. The number of aliphatic hydroxyl groups excluding tert-OH is 1. The number of rotatable bonds is 7. The maximum Gasteiger partial charge on any atom is 0.225 e. The Kier molecular flexibility index (Phi) is 8.02. The largest absolute Gasteiger partial charge is 0.393 e. The summed E-state index contributed by atoms with van der Waals surface area (Å²) in [5, 5.41) is 9.72. The van der Waals surface area contributed by atoms with E-state index >= 15 is 0 Å². The maximum atomic E-state index is 12.8. The Morgan fingerprint density at radius 2 is 1.66 bits per heavy atom. The Morgan fingerprint density at radius 1 is 1.07 bits per heavy atom. The van der Waals surface area contributed by atoms with Crippen LogP contribution in [0.1, 0.15) is 85.0 Å². The highest BCUT2D eigenvalue weighted by molar-refractivity contribution is 5.76. The van der Waals surface area contributed by atoms with Gasteiger partial charge >= 0.3 is 0 Å². The molecule has 0 aromatic carbocycles. The average Bonchev–Trinajstić information content (AvgIpc) is 2.72. The van der Waals surface area contributed by atoms with E-state index in [2.05, 4.69) is 23.6 Å². The van der Waals surface area contributed by atoms with Crippen molar-refractivity contribution in [2.75, 3.05) is 39.3 Å². The Morgan fingerprint density at radius 3 is 2.24 bits per heavy atom. The number of amides is 1. The fourth-order valence-electron chi connectivity index (χ4n) is 5.52. The van der Waals surface area contributed by atoms with Gasteiger partial charge in [-0.2, -0.15) is 0 Å². The van der Waals surface area contributed by atoms with Gasteiger partial charge in [0.05, 0.1) is 25.2 Å². The summed E-state index contributed by atoms with van der Waals surface area (Å²) in [6.07, 6.45) is 10.3. The van der Waals surface area contributed by atoms with Crippen LogP contribution in [0.3, 0.4) is 0 Å². The molecular formula is C24H44N2O3. The van der Waals surface area contributed by atoms with Crippen molar-refractivity contribution < 1.29 is 14.6 Å². The third-order valence-corrected chi connectivity index (χ3v) is 7.97. The summed E-state index contributed by atoms with van der Waals surface area (Å²) >= 11 is 0. The summed E-state index contributed by atoms with van der Waals surface area (Å²) in [5.41, 5.74) is 0.643. The molecule has 1 N–H and O–H groups in total. The summed E-state index contributed by atoms with van der Waals surface area (Å²) in [6.45, 7) is 12.8. The predicted octanol–water partition coefficient (Wildman–Crippen LogP) is 3.84. The summed E-state index contributed by atoms with van der Waals surface area (Å²) in [5.74, 6) is 0.264. The zero-order valence-electron chi connectivity index (χ0n) is 19.1. The number of piperidine rings is 2. The third-order valence-electron chi connectivity index (χ3n) is 7.97. The summed E-state index contributed by atoms with van der Waals surface area (Å²) in [4.78, 5) is 17.5. The van der Waals surface area contributed by atoms with Crippen LogP contribution in [0.25, 0.3) is 0 Å². The van der Waals surface area contributed by atoms with Crippen LogP contribution >= 0.6 is 0 Å². The van der Waals surface area contributed by atoms with Gasteiger partial charge in [-0.1, -0.05) is 13.8 Å². The van der Waals surface area contributed by atoms with E-state index in [9.17, 15) is 9.90 Å². The first kappa shape index (κ1) is 23.0.